The maximum Gasteiger partial charge on any atom is 0.521 e. The highest BCUT2D eigenvalue weighted by Gasteiger charge is 2.54. The van der Waals surface area contributed by atoms with Gasteiger partial charge in [-0.15, -0.1) is 0 Å². The molecule has 0 atom stereocenters. The zero-order valence-corrected chi connectivity index (χ0v) is 33.2. The predicted octanol–water partition coefficient (Wildman–Crippen LogP) is 12.6. The van der Waals surface area contributed by atoms with E-state index in [9.17, 15) is 0 Å². The first-order valence-corrected chi connectivity index (χ1v) is 21.0. The van der Waals surface area contributed by atoms with Crippen LogP contribution in [0.5, 0.6) is 0 Å². The number of imidazole rings is 2. The van der Waals surface area contributed by atoms with Crippen LogP contribution in [-0.2, 0) is 0 Å². The summed E-state index contributed by atoms with van der Waals surface area (Å²) in [7, 11) is -0.342. The third kappa shape index (κ3) is 4.48. The smallest absolute Gasteiger partial charge is 0.343 e. The maximum absolute atomic E-state index is 5.65. The number of aromatic nitrogens is 5. The largest absolute Gasteiger partial charge is 0.521 e. The van der Waals surface area contributed by atoms with E-state index in [0.717, 1.165) is 89.9 Å². The van der Waals surface area contributed by atoms with E-state index in [1.54, 1.807) is 0 Å². The molecule has 8 nitrogen and oxygen atoms in total. The van der Waals surface area contributed by atoms with Gasteiger partial charge in [0.2, 0.25) is 11.7 Å². The van der Waals surface area contributed by atoms with E-state index in [4.69, 9.17) is 15.0 Å². The molecule has 1 aliphatic carbocycles. The van der Waals surface area contributed by atoms with Gasteiger partial charge in [-0.3, -0.25) is 8.97 Å². The number of para-hydroxylation sites is 8. The second kappa shape index (κ2) is 12.5. The molecule has 0 fully saturated rings. The summed E-state index contributed by atoms with van der Waals surface area (Å²) in [6.45, 7) is 0. The lowest BCUT2D eigenvalue weighted by atomic mass is 9.83. The Bertz CT molecular complexity index is 3660. The molecule has 5 heterocycles. The summed E-state index contributed by atoms with van der Waals surface area (Å²) >= 11 is 0. The monoisotopic (exact) mass is 792 g/mol. The Morgan fingerprint density at radius 1 is 0.371 bits per heavy atom. The molecule has 0 saturated carbocycles. The summed E-state index contributed by atoms with van der Waals surface area (Å²) in [5, 5.41) is 0. The lowest BCUT2D eigenvalue weighted by Gasteiger charge is -2.31. The van der Waals surface area contributed by atoms with Crippen molar-refractivity contribution in [1.29, 1.82) is 0 Å². The van der Waals surface area contributed by atoms with Gasteiger partial charge >= 0.3 is 7.12 Å². The van der Waals surface area contributed by atoms with Crippen LogP contribution in [0, 0.1) is 0 Å². The van der Waals surface area contributed by atoms with Crippen molar-refractivity contribution in [3.63, 3.8) is 0 Å². The molecule has 2 aliphatic heterocycles. The molecular weight excluding hydrogens is 759 g/mol. The molecule has 0 N–H and O–H groups in total. The van der Waals surface area contributed by atoms with E-state index >= 15 is 0 Å². The summed E-state index contributed by atoms with van der Waals surface area (Å²) < 4.78 is 4.55. The second-order valence-electron chi connectivity index (χ2n) is 16.1. The Balaban J connectivity index is 0.983. The zero-order chi connectivity index (χ0) is 40.5. The van der Waals surface area contributed by atoms with Crippen molar-refractivity contribution in [2.24, 2.45) is 0 Å². The van der Waals surface area contributed by atoms with E-state index in [-0.39, 0.29) is 7.12 Å². The van der Waals surface area contributed by atoms with E-state index in [0.29, 0.717) is 5.95 Å². The number of hydrogen-bond donors (Lipinski definition) is 0. The first-order chi connectivity index (χ1) is 30.8. The highest BCUT2D eigenvalue weighted by molar-refractivity contribution is 6.79. The number of fused-ring (bicyclic) bond motifs is 18. The van der Waals surface area contributed by atoms with E-state index < -0.39 is 0 Å². The molecule has 3 aromatic heterocycles. The maximum atomic E-state index is 5.65. The van der Waals surface area contributed by atoms with Gasteiger partial charge in [-0.2, -0.15) is 0 Å². The molecular formula is C53H33BN8. The molecule has 0 saturated heterocycles. The van der Waals surface area contributed by atoms with E-state index in [2.05, 4.69) is 218 Å². The summed E-state index contributed by atoms with van der Waals surface area (Å²) in [6.07, 6.45) is 2.04. The van der Waals surface area contributed by atoms with Gasteiger partial charge in [0.05, 0.1) is 56.2 Å². The normalized spacial score (nSPS) is 13.4. The molecule has 11 aromatic rings. The first-order valence-electron chi connectivity index (χ1n) is 21.0. The average molecular weight is 793 g/mol. The SMILES string of the molecule is c1cc(N2B3N(c4ncc5c(n4)-c4ccccc4-c4ccccc4-c4ccccc4-5)c4ccccc4N3c3ccccc32)cc(-n2c3ccccc3n3c4ccccc4nc23)c1. The molecule has 0 radical (unpaired) electrons. The van der Waals surface area contributed by atoms with Crippen LogP contribution in [-0.4, -0.2) is 31.0 Å². The first kappa shape index (κ1) is 33.4. The van der Waals surface area contributed by atoms with Crippen LogP contribution in [0.2, 0.25) is 0 Å². The molecule has 14 rings (SSSR count). The Morgan fingerprint density at radius 2 is 0.871 bits per heavy atom. The number of rotatable bonds is 3. The van der Waals surface area contributed by atoms with Crippen LogP contribution >= 0.6 is 0 Å². The molecule has 62 heavy (non-hydrogen) atoms. The van der Waals surface area contributed by atoms with Gasteiger partial charge in [-0.05, 0) is 94.5 Å². The van der Waals surface area contributed by atoms with Crippen LogP contribution in [0.1, 0.15) is 0 Å². The fraction of sp³-hybridized carbons (Fsp3) is 0. The van der Waals surface area contributed by atoms with Crippen molar-refractivity contribution in [3.8, 4) is 50.3 Å². The number of hydrogen-bond acceptors (Lipinski definition) is 6. The Labute approximate surface area is 357 Å². The van der Waals surface area contributed by atoms with Crippen molar-refractivity contribution in [2.45, 2.75) is 0 Å². The van der Waals surface area contributed by atoms with Gasteiger partial charge in [0.1, 0.15) is 0 Å². The van der Waals surface area contributed by atoms with E-state index in [1.165, 1.54) is 16.7 Å². The summed E-state index contributed by atoms with van der Waals surface area (Å²) in [4.78, 5) is 23.3. The number of benzene rings is 8. The van der Waals surface area contributed by atoms with E-state index in [1.807, 2.05) is 6.20 Å². The second-order valence-corrected chi connectivity index (χ2v) is 16.1. The summed E-state index contributed by atoms with van der Waals surface area (Å²) in [6, 6.07) is 69.1. The minimum atomic E-state index is -0.342. The average Bonchev–Trinajstić information content (AvgIpc) is 4.07. The fourth-order valence-electron chi connectivity index (χ4n) is 10.3. The number of anilines is 6. The Kier molecular flexibility index (Phi) is 6.76. The Hall–Kier alpha value is -8.43. The van der Waals surface area contributed by atoms with Crippen molar-refractivity contribution in [3.05, 3.63) is 200 Å². The van der Waals surface area contributed by atoms with Gasteiger partial charge in [-0.25, -0.2) is 15.0 Å². The fourth-order valence-corrected chi connectivity index (χ4v) is 10.3. The van der Waals surface area contributed by atoms with Crippen molar-refractivity contribution in [1.82, 2.24) is 23.9 Å². The zero-order valence-electron chi connectivity index (χ0n) is 33.2. The molecule has 9 heteroatoms. The molecule has 0 spiro atoms. The molecule has 0 amide bonds. The number of nitrogens with zero attached hydrogens (tertiary/aromatic N) is 8. The topological polar surface area (TPSA) is 57.7 Å². The van der Waals surface area contributed by atoms with Gasteiger partial charge in [0.15, 0.2) is 0 Å². The van der Waals surface area contributed by atoms with Gasteiger partial charge in [-0.1, -0.05) is 127 Å². The molecule has 8 aromatic carbocycles. The Morgan fingerprint density at radius 3 is 1.55 bits per heavy atom. The van der Waals surface area contributed by atoms with Crippen molar-refractivity contribution < 1.29 is 0 Å². The molecule has 0 unspecified atom stereocenters. The van der Waals surface area contributed by atoms with Crippen LogP contribution in [0.3, 0.4) is 0 Å². The summed E-state index contributed by atoms with van der Waals surface area (Å²) in [5.74, 6) is 1.50. The predicted molar refractivity (Wildman–Crippen MR) is 252 cm³/mol. The molecule has 3 aliphatic rings. The molecule has 288 valence electrons. The van der Waals surface area contributed by atoms with Crippen LogP contribution < -0.4 is 14.4 Å². The highest BCUT2D eigenvalue weighted by atomic mass is 15.5. The highest BCUT2D eigenvalue weighted by Crippen LogP contribution is 2.56. The van der Waals surface area contributed by atoms with Gasteiger partial charge < -0.3 is 14.4 Å². The minimum Gasteiger partial charge on any atom is -0.343 e. The standard InChI is InChI=1S/C53H33BN8/c1-2-19-37-36(18-1)38-20-3-4-22-40(38)42-33-55-52(57-51(42)41-23-6-5-21-39(37)41)62-50-31-14-13-30-49(50)61-48-29-12-11-28-47(48)60(54(61)62)35-17-15-16-34(32-35)58-45-26-9-10-27-46(45)59-44-25-8-7-24-43(44)56-53(58)59/h1-33H. The third-order valence-electron chi connectivity index (χ3n) is 12.9. The van der Waals surface area contributed by atoms with Gasteiger partial charge in [0, 0.05) is 23.0 Å². The van der Waals surface area contributed by atoms with Crippen LogP contribution in [0.4, 0.5) is 34.4 Å². The van der Waals surface area contributed by atoms with Crippen molar-refractivity contribution >= 4 is 69.3 Å². The van der Waals surface area contributed by atoms with Crippen LogP contribution in [0.25, 0.3) is 78.2 Å². The van der Waals surface area contributed by atoms with Gasteiger partial charge in [0.25, 0.3) is 0 Å². The molecule has 0 bridgehead atoms. The lowest BCUT2D eigenvalue weighted by Crippen LogP contribution is -2.52. The van der Waals surface area contributed by atoms with Crippen molar-refractivity contribution in [2.75, 3.05) is 14.4 Å². The lowest BCUT2D eigenvalue weighted by molar-refractivity contribution is 1.10. The third-order valence-corrected chi connectivity index (χ3v) is 12.9. The quantitative estimate of drug-likeness (QED) is 0.166. The van der Waals surface area contributed by atoms with Crippen LogP contribution in [0.15, 0.2) is 200 Å². The minimum absolute atomic E-state index is 0.342. The summed E-state index contributed by atoms with van der Waals surface area (Å²) in [5.41, 5.74) is 19.5.